The number of pyridine rings is 1. The Morgan fingerprint density at radius 3 is 2.57 bits per heavy atom. The first-order valence-electron chi connectivity index (χ1n) is 7.10. The van der Waals surface area contributed by atoms with Crippen LogP contribution >= 0.6 is 31.9 Å². The third-order valence-corrected chi connectivity index (χ3v) is 4.91. The van der Waals surface area contributed by atoms with Crippen LogP contribution in [0.5, 0.6) is 0 Å². The molecule has 1 aliphatic heterocycles. The number of hydrogen-bond donors (Lipinski definition) is 1. The third-order valence-electron chi connectivity index (χ3n) is 3.76. The van der Waals surface area contributed by atoms with E-state index in [9.17, 15) is 0 Å². The van der Waals surface area contributed by atoms with Crippen LogP contribution in [0.2, 0.25) is 0 Å². The quantitative estimate of drug-likeness (QED) is 0.795. The number of benzene rings is 1. The van der Waals surface area contributed by atoms with Gasteiger partial charge in [0.2, 0.25) is 0 Å². The van der Waals surface area contributed by atoms with Crippen LogP contribution in [0, 0.1) is 0 Å². The summed E-state index contributed by atoms with van der Waals surface area (Å²) in [5, 5.41) is 3.63. The highest BCUT2D eigenvalue weighted by molar-refractivity contribution is 9.11. The number of rotatable bonds is 3. The molecule has 0 atom stereocenters. The molecular formula is C16H17Br2N3. The molecule has 1 N–H and O–H groups in total. The van der Waals surface area contributed by atoms with Gasteiger partial charge in [-0.2, -0.15) is 0 Å². The molecule has 1 aromatic carbocycles. The third kappa shape index (κ3) is 3.77. The Labute approximate surface area is 142 Å². The Bertz CT molecular complexity index is 596. The van der Waals surface area contributed by atoms with Gasteiger partial charge in [0.1, 0.15) is 5.82 Å². The fraction of sp³-hybridized carbons (Fsp3) is 0.312. The van der Waals surface area contributed by atoms with E-state index in [1.54, 1.807) is 0 Å². The molecule has 1 aliphatic rings. The van der Waals surface area contributed by atoms with Gasteiger partial charge in [0.05, 0.1) is 0 Å². The molecule has 0 unspecified atom stereocenters. The highest BCUT2D eigenvalue weighted by atomic mass is 79.9. The minimum Gasteiger partial charge on any atom is -0.381 e. The summed E-state index contributed by atoms with van der Waals surface area (Å²) >= 11 is 7.09. The summed E-state index contributed by atoms with van der Waals surface area (Å²) in [5.41, 5.74) is 1.16. The van der Waals surface area contributed by atoms with Crippen molar-refractivity contribution in [2.75, 3.05) is 23.3 Å². The fourth-order valence-electron chi connectivity index (χ4n) is 2.62. The molecule has 0 amide bonds. The van der Waals surface area contributed by atoms with Gasteiger partial charge in [-0.25, -0.2) is 4.98 Å². The summed E-state index contributed by atoms with van der Waals surface area (Å²) in [6.45, 7) is 2.09. The lowest BCUT2D eigenvalue weighted by Gasteiger charge is -2.33. The van der Waals surface area contributed by atoms with Crippen LogP contribution in [0.1, 0.15) is 12.8 Å². The highest BCUT2D eigenvalue weighted by Gasteiger charge is 2.20. The van der Waals surface area contributed by atoms with Gasteiger partial charge < -0.3 is 10.2 Å². The summed E-state index contributed by atoms with van der Waals surface area (Å²) in [6, 6.07) is 12.9. The number of anilines is 2. The van der Waals surface area contributed by atoms with E-state index in [1.807, 2.05) is 18.3 Å². The molecule has 2 heterocycles. The number of nitrogens with zero attached hydrogens (tertiary/aromatic N) is 2. The Balaban J connectivity index is 1.59. The van der Waals surface area contributed by atoms with Crippen LogP contribution in [-0.4, -0.2) is 24.1 Å². The highest BCUT2D eigenvalue weighted by Crippen LogP contribution is 2.28. The molecule has 1 fully saturated rings. The summed E-state index contributed by atoms with van der Waals surface area (Å²) in [6.07, 6.45) is 4.11. The van der Waals surface area contributed by atoms with E-state index in [4.69, 9.17) is 0 Å². The molecule has 0 radical (unpaired) electrons. The maximum Gasteiger partial charge on any atom is 0.128 e. The zero-order chi connectivity index (χ0) is 14.7. The van der Waals surface area contributed by atoms with E-state index in [0.717, 1.165) is 46.4 Å². The van der Waals surface area contributed by atoms with E-state index in [-0.39, 0.29) is 0 Å². The predicted molar refractivity (Wildman–Crippen MR) is 94.9 cm³/mol. The minimum atomic E-state index is 0.516. The second kappa shape index (κ2) is 6.79. The van der Waals surface area contributed by atoms with Crippen LogP contribution in [0.3, 0.4) is 0 Å². The Hall–Kier alpha value is -1.07. The zero-order valence-corrected chi connectivity index (χ0v) is 14.8. The predicted octanol–water partition coefficient (Wildman–Crippen LogP) is 4.69. The number of nitrogens with one attached hydrogen (secondary N) is 1. The van der Waals surface area contributed by atoms with Gasteiger partial charge >= 0.3 is 0 Å². The van der Waals surface area contributed by atoms with Crippen LogP contribution in [0.15, 0.2) is 51.5 Å². The largest absolute Gasteiger partial charge is 0.381 e. The van der Waals surface area contributed by atoms with Gasteiger partial charge in [-0.15, -0.1) is 0 Å². The first kappa shape index (κ1) is 14.9. The Kier molecular flexibility index (Phi) is 4.80. The monoisotopic (exact) mass is 409 g/mol. The summed E-state index contributed by atoms with van der Waals surface area (Å²) in [4.78, 5) is 6.78. The van der Waals surface area contributed by atoms with Crippen molar-refractivity contribution in [1.82, 2.24) is 4.98 Å². The van der Waals surface area contributed by atoms with E-state index in [1.165, 1.54) is 0 Å². The maximum atomic E-state index is 4.43. The fourth-order valence-corrected chi connectivity index (χ4v) is 3.78. The van der Waals surface area contributed by atoms with Crippen molar-refractivity contribution in [3.63, 3.8) is 0 Å². The van der Waals surface area contributed by atoms with Crippen molar-refractivity contribution >= 4 is 43.4 Å². The summed E-state index contributed by atoms with van der Waals surface area (Å²) in [5.74, 6) is 1.08. The standard InChI is InChI=1S/C16H17Br2N3/c17-12-4-5-15(14(18)11-12)20-13-6-9-21(10-7-13)16-3-1-2-8-19-16/h1-5,8,11,13,20H,6-7,9-10H2. The molecule has 3 nitrogen and oxygen atoms in total. The average Bonchev–Trinajstić information content (AvgIpc) is 2.52. The van der Waals surface area contributed by atoms with Gasteiger partial charge in [-0.3, -0.25) is 0 Å². The second-order valence-electron chi connectivity index (χ2n) is 5.22. The van der Waals surface area contributed by atoms with Crippen molar-refractivity contribution in [3.05, 3.63) is 51.5 Å². The van der Waals surface area contributed by atoms with Crippen molar-refractivity contribution in [2.45, 2.75) is 18.9 Å². The van der Waals surface area contributed by atoms with E-state index in [0.29, 0.717) is 6.04 Å². The van der Waals surface area contributed by atoms with E-state index in [2.05, 4.69) is 71.3 Å². The molecule has 1 saturated heterocycles. The SMILES string of the molecule is Brc1ccc(NC2CCN(c3ccccn3)CC2)c(Br)c1. The maximum absolute atomic E-state index is 4.43. The lowest BCUT2D eigenvalue weighted by molar-refractivity contribution is 0.523. The van der Waals surface area contributed by atoms with Gasteiger partial charge in [-0.05, 0) is 59.1 Å². The van der Waals surface area contributed by atoms with Gasteiger partial charge in [0, 0.05) is 40.0 Å². The van der Waals surface area contributed by atoms with Crippen molar-refractivity contribution < 1.29 is 0 Å². The van der Waals surface area contributed by atoms with E-state index < -0.39 is 0 Å². The molecule has 2 aromatic rings. The molecule has 0 bridgehead atoms. The first-order chi connectivity index (χ1) is 10.2. The summed E-state index contributed by atoms with van der Waals surface area (Å²) < 4.78 is 2.19. The molecule has 0 aliphatic carbocycles. The smallest absolute Gasteiger partial charge is 0.128 e. The molecule has 3 rings (SSSR count). The van der Waals surface area contributed by atoms with Crippen molar-refractivity contribution in [2.24, 2.45) is 0 Å². The zero-order valence-electron chi connectivity index (χ0n) is 11.6. The van der Waals surface area contributed by atoms with Crippen LogP contribution in [0.4, 0.5) is 11.5 Å². The van der Waals surface area contributed by atoms with Crippen LogP contribution in [0.25, 0.3) is 0 Å². The Morgan fingerprint density at radius 1 is 1.10 bits per heavy atom. The molecule has 110 valence electrons. The summed E-state index contributed by atoms with van der Waals surface area (Å²) in [7, 11) is 0. The number of aromatic nitrogens is 1. The van der Waals surface area contributed by atoms with Gasteiger partial charge in [0.15, 0.2) is 0 Å². The van der Waals surface area contributed by atoms with E-state index >= 15 is 0 Å². The molecule has 0 spiro atoms. The van der Waals surface area contributed by atoms with Crippen LogP contribution < -0.4 is 10.2 Å². The normalized spacial score (nSPS) is 16.0. The second-order valence-corrected chi connectivity index (χ2v) is 6.99. The lowest BCUT2D eigenvalue weighted by Crippen LogP contribution is -2.39. The number of halogens is 2. The lowest BCUT2D eigenvalue weighted by atomic mass is 10.0. The average molecular weight is 411 g/mol. The molecular weight excluding hydrogens is 394 g/mol. The number of hydrogen-bond acceptors (Lipinski definition) is 3. The molecule has 0 saturated carbocycles. The van der Waals surface area contributed by atoms with Crippen LogP contribution in [-0.2, 0) is 0 Å². The van der Waals surface area contributed by atoms with Crippen molar-refractivity contribution in [3.8, 4) is 0 Å². The minimum absolute atomic E-state index is 0.516. The number of piperidine rings is 1. The Morgan fingerprint density at radius 2 is 1.90 bits per heavy atom. The molecule has 21 heavy (non-hydrogen) atoms. The molecule has 5 heteroatoms. The van der Waals surface area contributed by atoms with Gasteiger partial charge in [0.25, 0.3) is 0 Å². The first-order valence-corrected chi connectivity index (χ1v) is 8.68. The van der Waals surface area contributed by atoms with Gasteiger partial charge in [-0.1, -0.05) is 22.0 Å². The van der Waals surface area contributed by atoms with Crippen molar-refractivity contribution in [1.29, 1.82) is 0 Å². The topological polar surface area (TPSA) is 28.2 Å². The molecule has 1 aromatic heterocycles.